The largest absolute Gasteiger partial charge is 0.462 e. The number of allylic oxidation sites excluding steroid dienone is 1. The van der Waals surface area contributed by atoms with Gasteiger partial charge in [0.1, 0.15) is 5.75 Å². The Kier molecular flexibility index (Phi) is 3.34. The number of ether oxygens (including phenoxy) is 1. The van der Waals surface area contributed by atoms with Crippen molar-refractivity contribution in [2.24, 2.45) is 0 Å². The van der Waals surface area contributed by atoms with Gasteiger partial charge in [0.25, 0.3) is 0 Å². The maximum Gasteiger partial charge on any atom is 0.130 e. The van der Waals surface area contributed by atoms with E-state index in [9.17, 15) is 0 Å². The van der Waals surface area contributed by atoms with E-state index in [1.54, 1.807) is 0 Å². The fourth-order valence-electron chi connectivity index (χ4n) is 1.56. The zero-order chi connectivity index (χ0) is 10.7. The standard InChI is InChI=1S/C13H18O/c1-9(2)12-7-6-8-13(11(12)5)14-10(3)4/h6-9H,3H2,1-2,4-5H3. The first-order valence-corrected chi connectivity index (χ1v) is 4.95. The van der Waals surface area contributed by atoms with Gasteiger partial charge in [0, 0.05) is 0 Å². The molecule has 0 bridgehead atoms. The molecule has 14 heavy (non-hydrogen) atoms. The molecule has 0 aliphatic rings. The van der Waals surface area contributed by atoms with Crippen molar-refractivity contribution >= 4 is 0 Å². The quantitative estimate of drug-likeness (QED) is 0.654. The molecule has 1 nitrogen and oxygen atoms in total. The Morgan fingerprint density at radius 3 is 2.50 bits per heavy atom. The fraction of sp³-hybridized carbons (Fsp3) is 0.385. The predicted molar refractivity (Wildman–Crippen MR) is 60.7 cm³/mol. The summed E-state index contributed by atoms with van der Waals surface area (Å²) < 4.78 is 5.54. The van der Waals surface area contributed by atoms with Crippen molar-refractivity contribution in [3.8, 4) is 5.75 Å². The lowest BCUT2D eigenvalue weighted by atomic mass is 9.97. The zero-order valence-corrected chi connectivity index (χ0v) is 9.42. The van der Waals surface area contributed by atoms with Crippen LogP contribution in [0.25, 0.3) is 0 Å². The van der Waals surface area contributed by atoms with Crippen molar-refractivity contribution in [3.63, 3.8) is 0 Å². The summed E-state index contributed by atoms with van der Waals surface area (Å²) in [5.41, 5.74) is 2.55. The van der Waals surface area contributed by atoms with Crippen LogP contribution in [0.1, 0.15) is 37.8 Å². The van der Waals surface area contributed by atoms with Crippen molar-refractivity contribution in [1.82, 2.24) is 0 Å². The summed E-state index contributed by atoms with van der Waals surface area (Å²) in [6.07, 6.45) is 0. The number of hydrogen-bond acceptors (Lipinski definition) is 1. The Bertz CT molecular complexity index is 337. The summed E-state index contributed by atoms with van der Waals surface area (Å²) >= 11 is 0. The molecule has 0 fully saturated rings. The second kappa shape index (κ2) is 4.32. The topological polar surface area (TPSA) is 9.23 Å². The van der Waals surface area contributed by atoms with Crippen molar-refractivity contribution in [3.05, 3.63) is 41.7 Å². The van der Waals surface area contributed by atoms with Gasteiger partial charge in [0.2, 0.25) is 0 Å². The van der Waals surface area contributed by atoms with Crippen LogP contribution in [0.5, 0.6) is 5.75 Å². The molecule has 0 N–H and O–H groups in total. The highest BCUT2D eigenvalue weighted by atomic mass is 16.5. The molecule has 0 aliphatic heterocycles. The van der Waals surface area contributed by atoms with Gasteiger partial charge in [-0.3, -0.25) is 0 Å². The summed E-state index contributed by atoms with van der Waals surface area (Å²) in [5.74, 6) is 2.18. The minimum absolute atomic E-state index is 0.531. The molecule has 0 heterocycles. The lowest BCUT2D eigenvalue weighted by molar-refractivity contribution is 0.426. The Labute approximate surface area is 86.4 Å². The minimum Gasteiger partial charge on any atom is -0.462 e. The first kappa shape index (κ1) is 10.8. The van der Waals surface area contributed by atoms with Crippen LogP contribution >= 0.6 is 0 Å². The molecular formula is C13H18O. The summed E-state index contributed by atoms with van der Waals surface area (Å²) in [6.45, 7) is 12.1. The lowest BCUT2D eigenvalue weighted by Gasteiger charge is -2.14. The van der Waals surface area contributed by atoms with Crippen LogP contribution in [0.4, 0.5) is 0 Å². The normalized spacial score (nSPS) is 10.4. The number of rotatable bonds is 3. The van der Waals surface area contributed by atoms with Gasteiger partial charge in [-0.15, -0.1) is 0 Å². The summed E-state index contributed by atoms with van der Waals surface area (Å²) in [4.78, 5) is 0. The van der Waals surface area contributed by atoms with E-state index in [0.29, 0.717) is 5.92 Å². The van der Waals surface area contributed by atoms with Crippen LogP contribution in [0, 0.1) is 6.92 Å². The smallest absolute Gasteiger partial charge is 0.130 e. The molecule has 0 aromatic heterocycles. The second-order valence-corrected chi connectivity index (χ2v) is 3.93. The van der Waals surface area contributed by atoms with Crippen LogP contribution in [-0.4, -0.2) is 0 Å². The summed E-state index contributed by atoms with van der Waals surface area (Å²) in [7, 11) is 0. The first-order valence-electron chi connectivity index (χ1n) is 4.95. The van der Waals surface area contributed by atoms with Crippen LogP contribution in [0.3, 0.4) is 0 Å². The Morgan fingerprint density at radius 2 is 2.00 bits per heavy atom. The van der Waals surface area contributed by atoms with Gasteiger partial charge in [-0.05, 0) is 37.0 Å². The molecule has 76 valence electrons. The summed E-state index contributed by atoms with van der Waals surface area (Å²) in [5, 5.41) is 0. The van der Waals surface area contributed by atoms with Gasteiger partial charge in [-0.25, -0.2) is 0 Å². The van der Waals surface area contributed by atoms with E-state index in [-0.39, 0.29) is 0 Å². The molecule has 0 atom stereocenters. The van der Waals surface area contributed by atoms with Gasteiger partial charge in [0.05, 0.1) is 5.76 Å². The molecule has 0 saturated carbocycles. The minimum atomic E-state index is 0.531. The number of hydrogen-bond donors (Lipinski definition) is 0. The molecule has 1 aromatic rings. The Morgan fingerprint density at radius 1 is 1.36 bits per heavy atom. The Balaban J connectivity index is 3.07. The molecular weight excluding hydrogens is 172 g/mol. The highest BCUT2D eigenvalue weighted by Crippen LogP contribution is 2.27. The van der Waals surface area contributed by atoms with Crippen molar-refractivity contribution in [1.29, 1.82) is 0 Å². The van der Waals surface area contributed by atoms with E-state index in [1.165, 1.54) is 11.1 Å². The molecule has 0 unspecified atom stereocenters. The van der Waals surface area contributed by atoms with Crippen LogP contribution < -0.4 is 4.74 Å². The SMILES string of the molecule is C=C(C)Oc1cccc(C(C)C)c1C. The highest BCUT2D eigenvalue weighted by molar-refractivity contribution is 5.41. The first-order chi connectivity index (χ1) is 6.52. The molecule has 0 radical (unpaired) electrons. The van der Waals surface area contributed by atoms with Crippen LogP contribution in [0.15, 0.2) is 30.5 Å². The zero-order valence-electron chi connectivity index (χ0n) is 9.42. The lowest BCUT2D eigenvalue weighted by Crippen LogP contribution is -1.97. The third-order valence-corrected chi connectivity index (χ3v) is 2.23. The van der Waals surface area contributed by atoms with Crippen molar-refractivity contribution < 1.29 is 4.74 Å². The molecule has 0 spiro atoms. The molecule has 0 amide bonds. The monoisotopic (exact) mass is 190 g/mol. The molecule has 1 heteroatoms. The van der Waals surface area contributed by atoms with E-state index < -0.39 is 0 Å². The summed E-state index contributed by atoms with van der Waals surface area (Å²) in [6, 6.07) is 6.15. The third-order valence-electron chi connectivity index (χ3n) is 2.23. The van der Waals surface area contributed by atoms with Gasteiger partial charge in [0.15, 0.2) is 0 Å². The molecule has 1 aromatic carbocycles. The van der Waals surface area contributed by atoms with Gasteiger partial charge >= 0.3 is 0 Å². The predicted octanol–water partition coefficient (Wildman–Crippen LogP) is 4.03. The van der Waals surface area contributed by atoms with E-state index in [2.05, 4.69) is 33.4 Å². The van der Waals surface area contributed by atoms with Gasteiger partial charge < -0.3 is 4.74 Å². The van der Waals surface area contributed by atoms with Crippen LogP contribution in [-0.2, 0) is 0 Å². The van der Waals surface area contributed by atoms with E-state index in [1.807, 2.05) is 19.1 Å². The van der Waals surface area contributed by atoms with Gasteiger partial charge in [-0.2, -0.15) is 0 Å². The van der Waals surface area contributed by atoms with Crippen LogP contribution in [0.2, 0.25) is 0 Å². The van der Waals surface area contributed by atoms with Crippen molar-refractivity contribution in [2.75, 3.05) is 0 Å². The fourth-order valence-corrected chi connectivity index (χ4v) is 1.56. The van der Waals surface area contributed by atoms with Crippen molar-refractivity contribution in [2.45, 2.75) is 33.6 Å². The van der Waals surface area contributed by atoms with E-state index in [4.69, 9.17) is 4.74 Å². The van der Waals surface area contributed by atoms with E-state index >= 15 is 0 Å². The van der Waals surface area contributed by atoms with Gasteiger partial charge in [-0.1, -0.05) is 32.6 Å². The number of benzene rings is 1. The maximum absolute atomic E-state index is 5.54. The average molecular weight is 190 g/mol. The molecule has 0 aliphatic carbocycles. The molecule has 0 saturated heterocycles. The Hall–Kier alpha value is -1.24. The second-order valence-electron chi connectivity index (χ2n) is 3.93. The third kappa shape index (κ3) is 2.38. The molecule has 1 rings (SSSR count). The average Bonchev–Trinajstić information content (AvgIpc) is 2.07. The highest BCUT2D eigenvalue weighted by Gasteiger charge is 2.07. The van der Waals surface area contributed by atoms with E-state index in [0.717, 1.165) is 11.5 Å². The maximum atomic E-state index is 5.54.